The van der Waals surface area contributed by atoms with Gasteiger partial charge in [0, 0.05) is 0 Å². The molecule has 1 aliphatic rings. The average Bonchev–Trinajstić information content (AvgIpc) is 2.54. The minimum atomic E-state index is -6.07. The van der Waals surface area contributed by atoms with E-state index in [-0.39, 0.29) is 12.8 Å². The van der Waals surface area contributed by atoms with Gasteiger partial charge in [-0.3, -0.25) is 9.18 Å². The summed E-state index contributed by atoms with van der Waals surface area (Å²) in [5.74, 6) is 0.899. The molecule has 0 saturated carbocycles. The highest BCUT2D eigenvalue weighted by Crippen LogP contribution is 2.22. The predicted molar refractivity (Wildman–Crippen MR) is 88.9 cm³/mol. The van der Waals surface area contributed by atoms with E-state index in [2.05, 4.69) is 4.74 Å². The second-order valence-electron chi connectivity index (χ2n) is 5.34. The molecule has 0 bridgehead atoms. The molecule has 1 rings (SSSR count). The first-order chi connectivity index (χ1) is 12.0. The van der Waals surface area contributed by atoms with E-state index in [1.807, 2.05) is 0 Å². The maximum atomic E-state index is 12.5. The third kappa shape index (κ3) is 10.3. The van der Waals surface area contributed by atoms with E-state index in [4.69, 9.17) is 4.74 Å². The molecule has 26 heavy (non-hydrogen) atoms. The molecule has 0 N–H and O–H groups in total. The molecule has 1 aliphatic heterocycles. The molecular formula is C14H23F3O7S2. The fourth-order valence-electron chi connectivity index (χ4n) is 1.71. The number of ether oxygens (including phenoxy) is 2. The highest BCUT2D eigenvalue weighted by molar-refractivity contribution is 7.97. The quantitative estimate of drug-likeness (QED) is 0.235. The molecule has 7 nitrogen and oxygen atoms in total. The number of rotatable bonds is 9. The second kappa shape index (κ2) is 12.5. The number of unbranched alkanes of at least 4 members (excludes halogenated alkanes) is 2. The van der Waals surface area contributed by atoms with Crippen molar-refractivity contribution in [2.24, 2.45) is 0 Å². The molecule has 0 unspecified atom stereocenters. The van der Waals surface area contributed by atoms with Crippen molar-refractivity contribution in [1.82, 2.24) is 0 Å². The number of hydrogen-bond acceptors (Lipinski definition) is 7. The van der Waals surface area contributed by atoms with Crippen molar-refractivity contribution < 1.29 is 45.2 Å². The number of esters is 1. The minimum absolute atomic E-state index is 0.116. The fraction of sp³-hybridized carbons (Fsp3) is 0.857. The van der Waals surface area contributed by atoms with Crippen LogP contribution in [0.1, 0.15) is 26.2 Å². The summed E-state index contributed by atoms with van der Waals surface area (Å²) in [6.07, 6.45) is 0.609. The summed E-state index contributed by atoms with van der Waals surface area (Å²) in [5.41, 5.74) is 0. The highest BCUT2D eigenvalue weighted by atomic mass is 32.2. The lowest BCUT2D eigenvalue weighted by Gasteiger charge is -2.17. The van der Waals surface area contributed by atoms with Crippen molar-refractivity contribution in [3.05, 3.63) is 0 Å². The summed E-state index contributed by atoms with van der Waals surface area (Å²) < 4.78 is 75.5. The van der Waals surface area contributed by atoms with Crippen LogP contribution in [-0.4, -0.2) is 73.7 Å². The van der Waals surface area contributed by atoms with Gasteiger partial charge >= 0.3 is 11.2 Å². The Morgan fingerprint density at radius 2 is 1.77 bits per heavy atom. The lowest BCUT2D eigenvalue weighted by molar-refractivity contribution is -0.161. The topological polar surface area (TPSA) is 110 Å². The van der Waals surface area contributed by atoms with E-state index in [9.17, 15) is 35.7 Å². The van der Waals surface area contributed by atoms with Gasteiger partial charge in [0.05, 0.1) is 26.5 Å². The van der Waals surface area contributed by atoms with Crippen LogP contribution in [0.3, 0.4) is 0 Å². The van der Waals surface area contributed by atoms with E-state index >= 15 is 0 Å². The molecule has 0 amide bonds. The lowest BCUT2D eigenvalue weighted by atomic mass is 10.3. The second-order valence-corrected chi connectivity index (χ2v) is 9.09. The van der Waals surface area contributed by atoms with Crippen LogP contribution in [0.5, 0.6) is 0 Å². The zero-order valence-corrected chi connectivity index (χ0v) is 16.0. The molecule has 1 fully saturated rings. The Hall–Kier alpha value is -0.850. The Morgan fingerprint density at radius 3 is 2.23 bits per heavy atom. The van der Waals surface area contributed by atoms with Crippen LogP contribution in [0.25, 0.3) is 0 Å². The maximum Gasteiger partial charge on any atom is 0.428 e. The largest absolute Gasteiger partial charge is 0.743 e. The molecule has 1 saturated heterocycles. The number of carbonyl (C=O) groups is 2. The van der Waals surface area contributed by atoms with Crippen molar-refractivity contribution in [3.8, 4) is 0 Å². The van der Waals surface area contributed by atoms with Gasteiger partial charge in [-0.2, -0.15) is 8.78 Å². The van der Waals surface area contributed by atoms with Gasteiger partial charge in [0.15, 0.2) is 21.7 Å². The SMILES string of the molecule is CC(=O)C[S+]1CCOCC1.O=C(OCCCCCF)C(F)(F)S(=O)(=O)[O-]. The summed E-state index contributed by atoms with van der Waals surface area (Å²) in [6, 6.07) is 0. The van der Waals surface area contributed by atoms with Crippen molar-refractivity contribution in [2.45, 2.75) is 31.4 Å². The molecule has 0 aromatic carbocycles. The number of hydrogen-bond donors (Lipinski definition) is 0. The number of carbonyl (C=O) groups excluding carboxylic acids is 2. The molecule has 0 aliphatic carbocycles. The fourth-order valence-corrected chi connectivity index (χ4v) is 3.75. The van der Waals surface area contributed by atoms with Gasteiger partial charge in [-0.05, 0) is 37.1 Å². The predicted octanol–water partition coefficient (Wildman–Crippen LogP) is 1.03. The number of Topliss-reactive ketones (excluding diaryl/α,β-unsaturated/α-hetero) is 1. The van der Waals surface area contributed by atoms with Gasteiger partial charge < -0.3 is 14.0 Å². The van der Waals surface area contributed by atoms with Gasteiger partial charge in [0.25, 0.3) is 0 Å². The molecule has 1 heterocycles. The third-order valence-electron chi connectivity index (χ3n) is 3.00. The summed E-state index contributed by atoms with van der Waals surface area (Å²) in [4.78, 5) is 21.2. The zero-order chi connectivity index (χ0) is 20.2. The monoisotopic (exact) mass is 424 g/mol. The van der Waals surface area contributed by atoms with E-state index < -0.39 is 34.6 Å². The molecule has 0 aromatic heterocycles. The van der Waals surface area contributed by atoms with Gasteiger partial charge in [-0.25, -0.2) is 13.2 Å². The Kier molecular flexibility index (Phi) is 12.1. The van der Waals surface area contributed by atoms with Gasteiger partial charge in [0.2, 0.25) is 0 Å². The first kappa shape index (κ1) is 25.1. The van der Waals surface area contributed by atoms with Crippen LogP contribution in [0.2, 0.25) is 0 Å². The van der Waals surface area contributed by atoms with Crippen LogP contribution < -0.4 is 0 Å². The van der Waals surface area contributed by atoms with Crippen LogP contribution in [0.15, 0.2) is 0 Å². The van der Waals surface area contributed by atoms with Gasteiger partial charge in [-0.15, -0.1) is 0 Å². The van der Waals surface area contributed by atoms with Crippen LogP contribution in [0.4, 0.5) is 13.2 Å². The number of ketones is 1. The van der Waals surface area contributed by atoms with E-state index in [1.165, 1.54) is 0 Å². The molecular weight excluding hydrogens is 401 g/mol. The van der Waals surface area contributed by atoms with E-state index in [0.29, 0.717) is 23.1 Å². The van der Waals surface area contributed by atoms with Crippen LogP contribution >= 0.6 is 0 Å². The van der Waals surface area contributed by atoms with Crippen molar-refractivity contribution in [1.29, 1.82) is 0 Å². The third-order valence-corrected chi connectivity index (χ3v) is 6.10. The first-order valence-electron chi connectivity index (χ1n) is 7.80. The zero-order valence-electron chi connectivity index (χ0n) is 14.4. The van der Waals surface area contributed by atoms with Crippen LogP contribution in [0, 0.1) is 0 Å². The number of alkyl halides is 3. The van der Waals surface area contributed by atoms with Crippen LogP contribution in [-0.2, 0) is 40.1 Å². The summed E-state index contributed by atoms with van der Waals surface area (Å²) in [5, 5.41) is -5.08. The summed E-state index contributed by atoms with van der Waals surface area (Å²) >= 11 is 0. The summed E-state index contributed by atoms with van der Waals surface area (Å²) in [6.45, 7) is 2.32. The average molecular weight is 424 g/mol. The molecule has 0 aromatic rings. The highest BCUT2D eigenvalue weighted by Gasteiger charge is 2.48. The molecule has 0 spiro atoms. The molecule has 154 valence electrons. The maximum absolute atomic E-state index is 12.5. The van der Waals surface area contributed by atoms with Crippen molar-refractivity contribution in [2.75, 3.05) is 43.8 Å². The smallest absolute Gasteiger partial charge is 0.428 e. The molecule has 0 radical (unpaired) electrons. The Morgan fingerprint density at radius 1 is 1.19 bits per heavy atom. The number of halogens is 3. The van der Waals surface area contributed by atoms with Gasteiger partial charge in [-0.1, -0.05) is 0 Å². The Bertz CT molecular complexity index is 535. The minimum Gasteiger partial charge on any atom is -0.743 e. The first-order valence-corrected chi connectivity index (χ1v) is 10.9. The van der Waals surface area contributed by atoms with E-state index in [1.54, 1.807) is 6.92 Å². The Balaban J connectivity index is 0.000000531. The summed E-state index contributed by atoms with van der Waals surface area (Å²) in [7, 11) is -5.72. The molecule has 12 heteroatoms. The normalized spacial score (nSPS) is 15.7. The molecule has 0 atom stereocenters. The lowest BCUT2D eigenvalue weighted by Crippen LogP contribution is -2.39. The van der Waals surface area contributed by atoms with Gasteiger partial charge in [0.1, 0.15) is 11.5 Å². The standard InChI is InChI=1S/C7H11F3O5S.C7H13O2S/c8-4-2-1-3-5-15-6(11)7(9,10)16(12,13)14;1-7(8)6-10-4-2-9-3-5-10/h1-5H2,(H,12,13,14);2-6H2,1H3/q;+1/p-1. The van der Waals surface area contributed by atoms with Crippen molar-refractivity contribution >= 4 is 32.8 Å². The van der Waals surface area contributed by atoms with E-state index in [0.717, 1.165) is 30.5 Å². The van der Waals surface area contributed by atoms with Crippen molar-refractivity contribution in [3.63, 3.8) is 0 Å². The Labute approximate surface area is 153 Å².